The minimum atomic E-state index is -1.68. The van der Waals surface area contributed by atoms with Gasteiger partial charge < -0.3 is 65.0 Å². The summed E-state index contributed by atoms with van der Waals surface area (Å²) in [5, 5.41) is 34.6. The van der Waals surface area contributed by atoms with Crippen LogP contribution in [-0.2, 0) is 33.6 Å². The average molecular weight is 728 g/mol. The molecule has 1 aliphatic rings. The molecule has 1 fully saturated rings. The molecule has 6 atom stereocenters. The van der Waals surface area contributed by atoms with Crippen LogP contribution in [0.4, 0.5) is 0 Å². The van der Waals surface area contributed by atoms with Crippen LogP contribution in [0.3, 0.4) is 0 Å². The van der Waals surface area contributed by atoms with Crippen LogP contribution in [0.5, 0.6) is 0 Å². The van der Waals surface area contributed by atoms with Crippen LogP contribution in [0.1, 0.15) is 78.1 Å². The molecule has 0 radical (unpaired) electrons. The van der Waals surface area contributed by atoms with E-state index in [9.17, 15) is 43.8 Å². The predicted octanol–water partition coefficient (Wildman–Crippen LogP) is -4.27. The number of aliphatic imine (C=N–C) groups is 1. The standard InChI is InChI=1S/C31H57N11O9/c1-17(2)14-21-28(49)42-23(16-43)30(51)39-19(9-4-6-12-33)26(47)41-22(15-24(44)45)29(50)38-18(8-3-5-11-32)25(46)37-20(27(48)40-21)10-7-13-36-31(34)35/h17-23,43H,3-16,32-33H2,1-2H3,(H,37,46)(H,38,50)(H,39,51)(H,40,48)(H,41,47)(H,42,49)(H,44,45)(H4,34,35,36). The lowest BCUT2D eigenvalue weighted by Crippen LogP contribution is -2.62. The van der Waals surface area contributed by atoms with Crippen molar-refractivity contribution in [1.29, 1.82) is 0 Å². The number of nitrogens with one attached hydrogen (secondary N) is 6. The fourth-order valence-corrected chi connectivity index (χ4v) is 5.21. The molecular weight excluding hydrogens is 670 g/mol. The lowest BCUT2D eigenvalue weighted by molar-refractivity contribution is -0.142. The van der Waals surface area contributed by atoms with Crippen molar-refractivity contribution >= 4 is 47.4 Å². The van der Waals surface area contributed by atoms with Gasteiger partial charge in [-0.05, 0) is 76.8 Å². The molecule has 0 aromatic rings. The molecule has 0 aliphatic carbocycles. The van der Waals surface area contributed by atoms with E-state index in [1.807, 2.05) is 0 Å². The van der Waals surface area contributed by atoms with E-state index in [4.69, 9.17) is 22.9 Å². The molecule has 0 bridgehead atoms. The zero-order valence-electron chi connectivity index (χ0n) is 29.4. The quantitative estimate of drug-likeness (QED) is 0.0384. The number of hydrogen-bond acceptors (Lipinski definition) is 11. The topological polar surface area (TPSA) is 349 Å². The van der Waals surface area contributed by atoms with Crippen molar-refractivity contribution in [3.63, 3.8) is 0 Å². The Morgan fingerprint density at radius 1 is 0.627 bits per heavy atom. The van der Waals surface area contributed by atoms with Gasteiger partial charge in [-0.15, -0.1) is 0 Å². The number of hydrogen-bond donors (Lipinski definition) is 12. The van der Waals surface area contributed by atoms with Gasteiger partial charge in [-0.3, -0.25) is 38.6 Å². The van der Waals surface area contributed by atoms with E-state index in [1.54, 1.807) is 13.8 Å². The van der Waals surface area contributed by atoms with E-state index in [1.165, 1.54) is 0 Å². The van der Waals surface area contributed by atoms with E-state index in [2.05, 4.69) is 36.9 Å². The van der Waals surface area contributed by atoms with Crippen molar-refractivity contribution in [2.24, 2.45) is 33.8 Å². The Morgan fingerprint density at radius 3 is 1.41 bits per heavy atom. The lowest BCUT2D eigenvalue weighted by atomic mass is 10.0. The van der Waals surface area contributed by atoms with Crippen LogP contribution in [0.15, 0.2) is 4.99 Å². The molecule has 51 heavy (non-hydrogen) atoms. The van der Waals surface area contributed by atoms with Crippen LogP contribution in [0.25, 0.3) is 0 Å². The van der Waals surface area contributed by atoms with Crippen molar-refractivity contribution in [3.8, 4) is 0 Å². The second-order valence-electron chi connectivity index (χ2n) is 12.8. The van der Waals surface area contributed by atoms with E-state index < -0.39 is 90.7 Å². The van der Waals surface area contributed by atoms with Crippen LogP contribution in [0.2, 0.25) is 0 Å². The first-order valence-corrected chi connectivity index (χ1v) is 17.2. The summed E-state index contributed by atoms with van der Waals surface area (Å²) < 4.78 is 0. The van der Waals surface area contributed by atoms with Crippen molar-refractivity contribution in [2.45, 2.75) is 114 Å². The summed E-state index contributed by atoms with van der Waals surface area (Å²) in [6, 6.07) is -8.33. The molecular formula is C31H57N11O9. The molecule has 0 aromatic heterocycles. The summed E-state index contributed by atoms with van der Waals surface area (Å²) in [7, 11) is 0. The third kappa shape index (κ3) is 17.3. The third-order valence-corrected chi connectivity index (χ3v) is 7.91. The highest BCUT2D eigenvalue weighted by molar-refractivity contribution is 5.99. The molecule has 0 spiro atoms. The maximum absolute atomic E-state index is 13.7. The van der Waals surface area contributed by atoms with E-state index in [-0.39, 0.29) is 63.6 Å². The van der Waals surface area contributed by atoms with Gasteiger partial charge in [0.2, 0.25) is 35.4 Å². The number of unbranched alkanes of at least 4 members (excludes halogenated alkanes) is 2. The zero-order valence-corrected chi connectivity index (χ0v) is 29.4. The van der Waals surface area contributed by atoms with Crippen molar-refractivity contribution in [1.82, 2.24) is 31.9 Å². The first-order valence-electron chi connectivity index (χ1n) is 17.2. The van der Waals surface area contributed by atoms with Gasteiger partial charge >= 0.3 is 5.97 Å². The maximum Gasteiger partial charge on any atom is 0.305 e. The van der Waals surface area contributed by atoms with E-state index in [0.29, 0.717) is 25.7 Å². The monoisotopic (exact) mass is 727 g/mol. The van der Waals surface area contributed by atoms with Crippen molar-refractivity contribution in [2.75, 3.05) is 26.2 Å². The number of aliphatic hydroxyl groups is 1. The van der Waals surface area contributed by atoms with Crippen LogP contribution >= 0.6 is 0 Å². The van der Waals surface area contributed by atoms with E-state index in [0.717, 1.165) is 0 Å². The first-order chi connectivity index (χ1) is 24.1. The molecule has 1 rings (SSSR count). The number of amides is 6. The maximum atomic E-state index is 13.7. The molecule has 1 saturated heterocycles. The van der Waals surface area contributed by atoms with Gasteiger partial charge in [0.15, 0.2) is 5.96 Å². The first kappa shape index (κ1) is 44.5. The Bertz CT molecular complexity index is 1210. The molecule has 6 unspecified atom stereocenters. The number of guanidine groups is 1. The number of aliphatic carboxylic acids is 1. The highest BCUT2D eigenvalue weighted by Crippen LogP contribution is 2.11. The van der Waals surface area contributed by atoms with Crippen LogP contribution in [0, 0.1) is 5.92 Å². The molecule has 20 heteroatoms. The smallest absolute Gasteiger partial charge is 0.305 e. The van der Waals surface area contributed by atoms with Crippen molar-refractivity contribution in [3.05, 3.63) is 0 Å². The SMILES string of the molecule is CC(C)CC1NC(=O)C(CCCN=C(N)N)NC(=O)C(CCCCN)NC(=O)C(CC(=O)O)NC(=O)C(CCCCN)NC(=O)C(CO)NC1=O. The number of carboxylic acids is 1. The summed E-state index contributed by atoms with van der Waals surface area (Å²) in [6.07, 6.45) is 1.16. The number of nitrogens with zero attached hydrogens (tertiary/aromatic N) is 1. The number of carbonyl (C=O) groups excluding carboxylic acids is 6. The second-order valence-corrected chi connectivity index (χ2v) is 12.8. The number of carbonyl (C=O) groups is 7. The van der Waals surface area contributed by atoms with Gasteiger partial charge in [-0.2, -0.15) is 0 Å². The summed E-state index contributed by atoms with van der Waals surface area (Å²) in [5.74, 6) is -6.98. The summed E-state index contributed by atoms with van der Waals surface area (Å²) in [4.78, 5) is 96.8. The zero-order chi connectivity index (χ0) is 38.5. The van der Waals surface area contributed by atoms with Crippen molar-refractivity contribution < 1.29 is 43.8 Å². The highest BCUT2D eigenvalue weighted by Gasteiger charge is 2.35. The number of aliphatic hydroxyl groups excluding tert-OH is 1. The fraction of sp³-hybridized carbons (Fsp3) is 0.742. The van der Waals surface area contributed by atoms with E-state index >= 15 is 0 Å². The van der Waals surface area contributed by atoms with Gasteiger partial charge in [0.25, 0.3) is 0 Å². The fourth-order valence-electron chi connectivity index (χ4n) is 5.21. The lowest BCUT2D eigenvalue weighted by Gasteiger charge is -2.29. The summed E-state index contributed by atoms with van der Waals surface area (Å²) in [5.41, 5.74) is 22.0. The molecule has 6 amide bonds. The van der Waals surface area contributed by atoms with Gasteiger partial charge in [-0.25, -0.2) is 0 Å². The molecule has 1 aliphatic heterocycles. The molecule has 20 nitrogen and oxygen atoms in total. The largest absolute Gasteiger partial charge is 0.481 e. The number of rotatable bonds is 17. The summed E-state index contributed by atoms with van der Waals surface area (Å²) >= 11 is 0. The molecule has 16 N–H and O–H groups in total. The van der Waals surface area contributed by atoms with Crippen LogP contribution < -0.4 is 54.8 Å². The number of carboxylic acid groups (broad SMARTS) is 1. The second kappa shape index (κ2) is 23.8. The molecule has 290 valence electrons. The molecule has 0 saturated carbocycles. The summed E-state index contributed by atoms with van der Waals surface area (Å²) in [6.45, 7) is 3.37. The normalized spacial score (nSPS) is 24.2. The minimum Gasteiger partial charge on any atom is -0.481 e. The molecule has 0 aromatic carbocycles. The average Bonchev–Trinajstić information content (AvgIpc) is 3.05. The Hall–Kier alpha value is -4.56. The Morgan fingerprint density at radius 2 is 1.00 bits per heavy atom. The minimum absolute atomic E-state index is 0.00124. The van der Waals surface area contributed by atoms with Gasteiger partial charge in [0.1, 0.15) is 36.3 Å². The highest BCUT2D eigenvalue weighted by atomic mass is 16.4. The van der Waals surface area contributed by atoms with Crippen LogP contribution in [-0.4, -0.2) is 120 Å². The third-order valence-electron chi connectivity index (χ3n) is 7.91. The number of nitrogens with two attached hydrogens (primary N) is 4. The van der Waals surface area contributed by atoms with Gasteiger partial charge in [-0.1, -0.05) is 13.8 Å². The Balaban J connectivity index is 3.71. The predicted molar refractivity (Wildman–Crippen MR) is 186 cm³/mol. The molecule has 1 heterocycles. The Kier molecular flexibility index (Phi) is 20.7. The Labute approximate surface area is 297 Å². The van der Waals surface area contributed by atoms with Gasteiger partial charge in [0, 0.05) is 6.54 Å². The van der Waals surface area contributed by atoms with Gasteiger partial charge in [0.05, 0.1) is 13.0 Å².